The standard InChI is InChI=1S/C16H13F3N2O4/c1-8(22)12-3-2-4-13(20-12)21-14(23)10-6-5-9(16(17,18)19)7-11(10)15(24)25/h2-8,22H,1H3,(H,24,25)(H,20,21,23)/t8-/m0/s1. The Balaban J connectivity index is 2.36. The Hall–Kier alpha value is -2.94. The highest BCUT2D eigenvalue weighted by molar-refractivity contribution is 6.10. The van der Waals surface area contributed by atoms with Crippen LogP contribution in [0.25, 0.3) is 0 Å². The van der Waals surface area contributed by atoms with E-state index in [0.29, 0.717) is 12.1 Å². The van der Waals surface area contributed by atoms with Crippen molar-refractivity contribution >= 4 is 17.7 Å². The SMILES string of the molecule is C[C@H](O)c1cccc(NC(=O)c2ccc(C(F)(F)F)cc2C(=O)O)n1. The van der Waals surface area contributed by atoms with Gasteiger partial charge in [0.05, 0.1) is 28.5 Å². The lowest BCUT2D eigenvalue weighted by atomic mass is 10.0. The van der Waals surface area contributed by atoms with Crippen LogP contribution in [0.4, 0.5) is 19.0 Å². The van der Waals surface area contributed by atoms with E-state index < -0.39 is 40.8 Å². The molecule has 1 aromatic carbocycles. The number of nitrogens with one attached hydrogen (secondary N) is 1. The molecule has 3 N–H and O–H groups in total. The molecule has 6 nitrogen and oxygen atoms in total. The van der Waals surface area contributed by atoms with Crippen LogP contribution < -0.4 is 5.32 Å². The minimum atomic E-state index is -4.73. The van der Waals surface area contributed by atoms with Crippen molar-refractivity contribution in [1.82, 2.24) is 4.98 Å². The quantitative estimate of drug-likeness (QED) is 0.783. The van der Waals surface area contributed by atoms with E-state index in [2.05, 4.69) is 10.3 Å². The Bertz CT molecular complexity index is 819. The molecule has 1 amide bonds. The molecule has 1 aromatic heterocycles. The predicted octanol–water partition coefficient (Wildman–Crippen LogP) is 3.10. The van der Waals surface area contributed by atoms with E-state index in [1.165, 1.54) is 25.1 Å². The number of halogens is 3. The smallest absolute Gasteiger partial charge is 0.416 e. The zero-order valence-electron chi connectivity index (χ0n) is 12.8. The largest absolute Gasteiger partial charge is 0.478 e. The lowest BCUT2D eigenvalue weighted by Gasteiger charge is -2.12. The summed E-state index contributed by atoms with van der Waals surface area (Å²) < 4.78 is 38.1. The van der Waals surface area contributed by atoms with Crippen LogP contribution in [0.5, 0.6) is 0 Å². The summed E-state index contributed by atoms with van der Waals surface area (Å²) in [6.07, 6.45) is -5.62. The number of carboxylic acids is 1. The summed E-state index contributed by atoms with van der Waals surface area (Å²) in [6, 6.07) is 6.24. The van der Waals surface area contributed by atoms with Crippen molar-refractivity contribution in [3.05, 3.63) is 58.8 Å². The van der Waals surface area contributed by atoms with E-state index in [4.69, 9.17) is 5.11 Å². The number of aliphatic hydroxyl groups is 1. The van der Waals surface area contributed by atoms with Gasteiger partial charge in [-0.15, -0.1) is 0 Å². The average Bonchev–Trinajstić information content (AvgIpc) is 2.53. The van der Waals surface area contributed by atoms with Gasteiger partial charge >= 0.3 is 12.1 Å². The number of nitrogens with zero attached hydrogens (tertiary/aromatic N) is 1. The molecule has 1 heterocycles. The van der Waals surface area contributed by atoms with E-state index in [0.717, 1.165) is 6.07 Å². The number of carbonyl (C=O) groups is 2. The molecule has 0 aliphatic rings. The molecule has 0 spiro atoms. The molecule has 0 aliphatic carbocycles. The zero-order chi connectivity index (χ0) is 18.8. The van der Waals surface area contributed by atoms with Gasteiger partial charge < -0.3 is 15.5 Å². The number of aromatic nitrogens is 1. The number of carboxylic acid groups (broad SMARTS) is 1. The van der Waals surface area contributed by atoms with E-state index in [9.17, 15) is 27.9 Å². The van der Waals surface area contributed by atoms with Gasteiger partial charge in [-0.3, -0.25) is 4.79 Å². The molecule has 1 atom stereocenters. The number of aromatic carboxylic acids is 1. The first-order chi connectivity index (χ1) is 11.6. The number of rotatable bonds is 4. The fourth-order valence-electron chi connectivity index (χ4n) is 2.03. The monoisotopic (exact) mass is 354 g/mol. The summed E-state index contributed by atoms with van der Waals surface area (Å²) in [5.41, 5.74) is -2.12. The van der Waals surface area contributed by atoms with Gasteiger partial charge in [0.1, 0.15) is 5.82 Å². The molecular weight excluding hydrogens is 341 g/mol. The van der Waals surface area contributed by atoms with Crippen LogP contribution in [0.15, 0.2) is 36.4 Å². The van der Waals surface area contributed by atoms with Crippen LogP contribution >= 0.6 is 0 Å². The summed E-state index contributed by atoms with van der Waals surface area (Å²) in [4.78, 5) is 27.4. The first-order valence-electron chi connectivity index (χ1n) is 7.00. The molecule has 0 saturated carbocycles. The van der Waals surface area contributed by atoms with E-state index in [1.807, 2.05) is 0 Å². The third-order valence-corrected chi connectivity index (χ3v) is 3.26. The number of amides is 1. The summed E-state index contributed by atoms with van der Waals surface area (Å²) in [6.45, 7) is 1.46. The van der Waals surface area contributed by atoms with Crippen LogP contribution in [0, 0.1) is 0 Å². The molecular formula is C16H13F3N2O4. The van der Waals surface area contributed by atoms with Gasteiger partial charge in [0.25, 0.3) is 5.91 Å². The van der Waals surface area contributed by atoms with Crippen molar-refractivity contribution in [2.24, 2.45) is 0 Å². The molecule has 0 bridgehead atoms. The van der Waals surface area contributed by atoms with E-state index in [-0.39, 0.29) is 11.5 Å². The highest BCUT2D eigenvalue weighted by Crippen LogP contribution is 2.30. The van der Waals surface area contributed by atoms with Gasteiger partial charge in [-0.25, -0.2) is 9.78 Å². The third kappa shape index (κ3) is 4.32. The van der Waals surface area contributed by atoms with Crippen LogP contribution in [0.2, 0.25) is 0 Å². The minimum absolute atomic E-state index is 0.0274. The maximum atomic E-state index is 12.7. The normalized spacial score (nSPS) is 12.5. The van der Waals surface area contributed by atoms with Gasteiger partial charge in [0.15, 0.2) is 0 Å². The van der Waals surface area contributed by atoms with Crippen molar-refractivity contribution in [3.63, 3.8) is 0 Å². The molecule has 0 radical (unpaired) electrons. The van der Waals surface area contributed by atoms with Crippen molar-refractivity contribution in [2.45, 2.75) is 19.2 Å². The minimum Gasteiger partial charge on any atom is -0.478 e. The highest BCUT2D eigenvalue weighted by atomic mass is 19.4. The molecule has 25 heavy (non-hydrogen) atoms. The lowest BCUT2D eigenvalue weighted by molar-refractivity contribution is -0.137. The maximum absolute atomic E-state index is 12.7. The predicted molar refractivity (Wildman–Crippen MR) is 81.2 cm³/mol. The average molecular weight is 354 g/mol. The number of benzene rings is 1. The zero-order valence-corrected chi connectivity index (χ0v) is 12.8. The molecule has 2 aromatic rings. The number of alkyl halides is 3. The van der Waals surface area contributed by atoms with E-state index in [1.54, 1.807) is 0 Å². The summed E-state index contributed by atoms with van der Waals surface area (Å²) >= 11 is 0. The number of anilines is 1. The fourth-order valence-corrected chi connectivity index (χ4v) is 2.03. The first kappa shape index (κ1) is 18.4. The Morgan fingerprint density at radius 3 is 2.40 bits per heavy atom. The third-order valence-electron chi connectivity index (χ3n) is 3.26. The molecule has 9 heteroatoms. The summed E-state index contributed by atoms with van der Waals surface area (Å²) in [5, 5.41) is 20.9. The number of hydrogen-bond acceptors (Lipinski definition) is 4. The molecule has 0 aliphatic heterocycles. The van der Waals surface area contributed by atoms with Gasteiger partial charge in [0.2, 0.25) is 0 Å². The number of pyridine rings is 1. The Labute approximate surface area is 139 Å². The van der Waals surface area contributed by atoms with Crippen LogP contribution in [-0.2, 0) is 6.18 Å². The van der Waals surface area contributed by atoms with Gasteiger partial charge in [-0.2, -0.15) is 13.2 Å². The lowest BCUT2D eigenvalue weighted by Crippen LogP contribution is -2.19. The van der Waals surface area contributed by atoms with Crippen molar-refractivity contribution in [1.29, 1.82) is 0 Å². The summed E-state index contributed by atoms with van der Waals surface area (Å²) in [5.74, 6) is -2.57. The summed E-state index contributed by atoms with van der Waals surface area (Å²) in [7, 11) is 0. The maximum Gasteiger partial charge on any atom is 0.416 e. The molecule has 0 unspecified atom stereocenters. The Kier molecular flexibility index (Phi) is 5.07. The van der Waals surface area contributed by atoms with Crippen LogP contribution in [0.1, 0.15) is 45.0 Å². The number of aliphatic hydroxyl groups excluding tert-OH is 1. The van der Waals surface area contributed by atoms with Gasteiger partial charge in [-0.05, 0) is 37.3 Å². The van der Waals surface area contributed by atoms with Crippen LogP contribution in [-0.4, -0.2) is 27.1 Å². The van der Waals surface area contributed by atoms with Gasteiger partial charge in [-0.1, -0.05) is 6.07 Å². The second-order valence-electron chi connectivity index (χ2n) is 5.14. The molecule has 132 valence electrons. The number of carbonyl (C=O) groups excluding carboxylic acids is 1. The van der Waals surface area contributed by atoms with Gasteiger partial charge in [0, 0.05) is 0 Å². The van der Waals surface area contributed by atoms with Crippen molar-refractivity contribution in [2.75, 3.05) is 5.32 Å². The molecule has 0 fully saturated rings. The van der Waals surface area contributed by atoms with Crippen LogP contribution in [0.3, 0.4) is 0 Å². The van der Waals surface area contributed by atoms with E-state index >= 15 is 0 Å². The van der Waals surface area contributed by atoms with Crippen molar-refractivity contribution < 1.29 is 33.0 Å². The second-order valence-corrected chi connectivity index (χ2v) is 5.14. The highest BCUT2D eigenvalue weighted by Gasteiger charge is 2.32. The topological polar surface area (TPSA) is 99.5 Å². The molecule has 0 saturated heterocycles. The number of hydrogen-bond donors (Lipinski definition) is 3. The first-order valence-corrected chi connectivity index (χ1v) is 7.00. The second kappa shape index (κ2) is 6.89. The Morgan fingerprint density at radius 2 is 1.84 bits per heavy atom. The van der Waals surface area contributed by atoms with Crippen molar-refractivity contribution in [3.8, 4) is 0 Å². The fraction of sp³-hybridized carbons (Fsp3) is 0.188. The Morgan fingerprint density at radius 1 is 1.16 bits per heavy atom. The molecule has 2 rings (SSSR count).